The molecule has 2 rings (SSSR count). The second-order valence-electron chi connectivity index (χ2n) is 9.87. The summed E-state index contributed by atoms with van der Waals surface area (Å²) in [6.45, 7) is 6.46. The molecule has 0 saturated heterocycles. The van der Waals surface area contributed by atoms with Crippen LogP contribution in [0.1, 0.15) is 124 Å². The lowest BCUT2D eigenvalue weighted by molar-refractivity contribution is -0.160. The van der Waals surface area contributed by atoms with E-state index in [4.69, 9.17) is 9.47 Å². The van der Waals surface area contributed by atoms with E-state index in [0.717, 1.165) is 57.3 Å². The maximum atomic E-state index is 12.6. The Bertz CT molecular complexity index is 487. The molecule has 2 saturated carbocycles. The van der Waals surface area contributed by atoms with Crippen molar-refractivity contribution in [1.82, 2.24) is 0 Å². The largest absolute Gasteiger partial charge is 0.462 e. The van der Waals surface area contributed by atoms with Crippen LogP contribution in [0.3, 0.4) is 0 Å². The minimum atomic E-state index is -0.0480. The SMILES string of the molecule is CCCCCCC(C)OC(=O)C1CCC(OC(=O)C2CCC(CCCC)CC2)CC1. The van der Waals surface area contributed by atoms with Crippen molar-refractivity contribution in [3.05, 3.63) is 0 Å². The van der Waals surface area contributed by atoms with E-state index < -0.39 is 0 Å². The molecule has 2 aliphatic carbocycles. The third kappa shape index (κ3) is 8.98. The van der Waals surface area contributed by atoms with Gasteiger partial charge in [0, 0.05) is 0 Å². The maximum Gasteiger partial charge on any atom is 0.309 e. The second-order valence-corrected chi connectivity index (χ2v) is 9.87. The van der Waals surface area contributed by atoms with E-state index >= 15 is 0 Å². The summed E-state index contributed by atoms with van der Waals surface area (Å²) in [4.78, 5) is 25.0. The normalized spacial score (nSPS) is 28.0. The number of carbonyl (C=O) groups excluding carboxylic acids is 2. The lowest BCUT2D eigenvalue weighted by Gasteiger charge is -2.31. The first kappa shape index (κ1) is 25.2. The van der Waals surface area contributed by atoms with E-state index in [1.54, 1.807) is 0 Å². The first-order valence-corrected chi connectivity index (χ1v) is 12.9. The van der Waals surface area contributed by atoms with Gasteiger partial charge in [-0.15, -0.1) is 0 Å². The van der Waals surface area contributed by atoms with Gasteiger partial charge in [0.15, 0.2) is 0 Å². The van der Waals surface area contributed by atoms with E-state index in [1.165, 1.54) is 51.4 Å². The van der Waals surface area contributed by atoms with Crippen molar-refractivity contribution < 1.29 is 19.1 Å². The number of unbranched alkanes of at least 4 members (excludes halogenated alkanes) is 4. The predicted octanol–water partition coefficient (Wildman–Crippen LogP) is 6.99. The fourth-order valence-electron chi connectivity index (χ4n) is 5.07. The average molecular weight is 423 g/mol. The zero-order chi connectivity index (χ0) is 21.8. The molecule has 1 atom stereocenters. The third-order valence-corrected chi connectivity index (χ3v) is 7.22. The average Bonchev–Trinajstić information content (AvgIpc) is 2.76. The molecule has 2 fully saturated rings. The Morgan fingerprint density at radius 2 is 1.37 bits per heavy atom. The van der Waals surface area contributed by atoms with Crippen molar-refractivity contribution in [3.8, 4) is 0 Å². The smallest absolute Gasteiger partial charge is 0.309 e. The third-order valence-electron chi connectivity index (χ3n) is 7.22. The molecular formula is C26H46O4. The van der Waals surface area contributed by atoms with Crippen LogP contribution in [0, 0.1) is 17.8 Å². The molecule has 4 nitrogen and oxygen atoms in total. The molecule has 0 amide bonds. The quantitative estimate of drug-likeness (QED) is 0.251. The summed E-state index contributed by atoms with van der Waals surface area (Å²) in [5.74, 6) is 0.847. The fourth-order valence-corrected chi connectivity index (χ4v) is 5.07. The molecule has 174 valence electrons. The summed E-state index contributed by atoms with van der Waals surface area (Å²) < 4.78 is 11.5. The minimum absolute atomic E-state index is 0.00849. The van der Waals surface area contributed by atoms with Gasteiger partial charge in [-0.05, 0) is 77.0 Å². The van der Waals surface area contributed by atoms with Crippen LogP contribution < -0.4 is 0 Å². The molecule has 0 aromatic heterocycles. The molecule has 0 heterocycles. The summed E-state index contributed by atoms with van der Waals surface area (Å²) >= 11 is 0. The Hall–Kier alpha value is -1.06. The molecule has 0 radical (unpaired) electrons. The van der Waals surface area contributed by atoms with Gasteiger partial charge in [0.25, 0.3) is 0 Å². The summed E-state index contributed by atoms with van der Waals surface area (Å²) in [5, 5.41) is 0. The van der Waals surface area contributed by atoms with Gasteiger partial charge in [-0.1, -0.05) is 52.4 Å². The molecule has 0 aliphatic heterocycles. The van der Waals surface area contributed by atoms with Gasteiger partial charge in [0.1, 0.15) is 6.10 Å². The predicted molar refractivity (Wildman–Crippen MR) is 121 cm³/mol. The highest BCUT2D eigenvalue weighted by Gasteiger charge is 2.33. The lowest BCUT2D eigenvalue weighted by Crippen LogP contribution is -2.32. The Labute approximate surface area is 184 Å². The van der Waals surface area contributed by atoms with E-state index in [-0.39, 0.29) is 36.0 Å². The van der Waals surface area contributed by atoms with Gasteiger partial charge in [0.05, 0.1) is 17.9 Å². The number of rotatable bonds is 12. The van der Waals surface area contributed by atoms with Gasteiger partial charge in [-0.3, -0.25) is 9.59 Å². The molecule has 30 heavy (non-hydrogen) atoms. The van der Waals surface area contributed by atoms with E-state index in [2.05, 4.69) is 13.8 Å². The molecular weight excluding hydrogens is 376 g/mol. The van der Waals surface area contributed by atoms with Gasteiger partial charge in [-0.2, -0.15) is 0 Å². The Morgan fingerprint density at radius 3 is 2.00 bits per heavy atom. The highest BCUT2D eigenvalue weighted by molar-refractivity contribution is 5.73. The monoisotopic (exact) mass is 422 g/mol. The summed E-state index contributed by atoms with van der Waals surface area (Å²) in [6, 6.07) is 0. The summed E-state index contributed by atoms with van der Waals surface area (Å²) in [7, 11) is 0. The van der Waals surface area contributed by atoms with Crippen molar-refractivity contribution in [3.63, 3.8) is 0 Å². The van der Waals surface area contributed by atoms with Crippen molar-refractivity contribution >= 4 is 11.9 Å². The molecule has 2 aliphatic rings. The first-order chi connectivity index (χ1) is 14.5. The highest BCUT2D eigenvalue weighted by atomic mass is 16.5. The Morgan fingerprint density at radius 1 is 0.767 bits per heavy atom. The molecule has 4 heteroatoms. The molecule has 1 unspecified atom stereocenters. The van der Waals surface area contributed by atoms with Crippen molar-refractivity contribution in [2.24, 2.45) is 17.8 Å². The molecule has 0 aromatic rings. The van der Waals surface area contributed by atoms with Crippen LogP contribution in [0.25, 0.3) is 0 Å². The van der Waals surface area contributed by atoms with Gasteiger partial charge >= 0.3 is 11.9 Å². The zero-order valence-electron chi connectivity index (χ0n) is 19.8. The second kappa shape index (κ2) is 14.1. The van der Waals surface area contributed by atoms with E-state index in [1.807, 2.05) is 6.92 Å². The zero-order valence-corrected chi connectivity index (χ0v) is 19.8. The van der Waals surface area contributed by atoms with Crippen LogP contribution in [-0.4, -0.2) is 24.1 Å². The van der Waals surface area contributed by atoms with Crippen LogP contribution in [0.15, 0.2) is 0 Å². The van der Waals surface area contributed by atoms with Crippen LogP contribution in [0.5, 0.6) is 0 Å². The van der Waals surface area contributed by atoms with Crippen LogP contribution in [0.4, 0.5) is 0 Å². The number of carbonyl (C=O) groups is 2. The number of esters is 2. The van der Waals surface area contributed by atoms with E-state index in [0.29, 0.717) is 0 Å². The van der Waals surface area contributed by atoms with Gasteiger partial charge < -0.3 is 9.47 Å². The first-order valence-electron chi connectivity index (χ1n) is 12.9. The van der Waals surface area contributed by atoms with Crippen molar-refractivity contribution in [1.29, 1.82) is 0 Å². The lowest BCUT2D eigenvalue weighted by atomic mass is 9.80. The van der Waals surface area contributed by atoms with Gasteiger partial charge in [-0.25, -0.2) is 0 Å². The summed E-state index contributed by atoms with van der Waals surface area (Å²) in [6.07, 6.45) is 17.2. The van der Waals surface area contributed by atoms with Crippen molar-refractivity contribution in [2.45, 2.75) is 136 Å². The van der Waals surface area contributed by atoms with E-state index in [9.17, 15) is 9.59 Å². The molecule has 0 bridgehead atoms. The molecule has 0 aromatic carbocycles. The Balaban J connectivity index is 1.61. The molecule has 0 N–H and O–H groups in total. The topological polar surface area (TPSA) is 52.6 Å². The van der Waals surface area contributed by atoms with Crippen LogP contribution in [-0.2, 0) is 19.1 Å². The highest BCUT2D eigenvalue weighted by Crippen LogP contribution is 2.34. The standard InChI is InChI=1S/C26H46O4/c1-4-6-8-9-10-20(3)29-25(27)23-16-18-24(19-17-23)30-26(28)22-14-12-21(13-15-22)11-7-5-2/h20-24H,4-19H2,1-3H3. The van der Waals surface area contributed by atoms with Crippen molar-refractivity contribution in [2.75, 3.05) is 0 Å². The van der Waals surface area contributed by atoms with Crippen LogP contribution >= 0.6 is 0 Å². The number of hydrogen-bond donors (Lipinski definition) is 0. The van der Waals surface area contributed by atoms with Crippen LogP contribution in [0.2, 0.25) is 0 Å². The maximum absolute atomic E-state index is 12.6. The number of ether oxygens (including phenoxy) is 2. The minimum Gasteiger partial charge on any atom is -0.462 e. The van der Waals surface area contributed by atoms with Gasteiger partial charge in [0.2, 0.25) is 0 Å². The Kier molecular flexibility index (Phi) is 11.8. The fraction of sp³-hybridized carbons (Fsp3) is 0.923. The summed E-state index contributed by atoms with van der Waals surface area (Å²) in [5.41, 5.74) is 0. The molecule has 0 spiro atoms. The number of hydrogen-bond acceptors (Lipinski definition) is 4.